The lowest BCUT2D eigenvalue weighted by Gasteiger charge is -2.30. The predicted octanol–water partition coefficient (Wildman–Crippen LogP) is 4.12. The molecule has 0 saturated carbocycles. The molecule has 19 heavy (non-hydrogen) atoms. The van der Waals surface area contributed by atoms with E-state index in [1.54, 1.807) is 0 Å². The van der Waals surface area contributed by atoms with Gasteiger partial charge in [0.25, 0.3) is 5.91 Å². The number of hydrogen-bond donors (Lipinski definition) is 0. The van der Waals surface area contributed by atoms with E-state index in [1.807, 2.05) is 29.2 Å². The summed E-state index contributed by atoms with van der Waals surface area (Å²) in [6.07, 6.45) is 2.81. The summed E-state index contributed by atoms with van der Waals surface area (Å²) in [6, 6.07) is 8.14. The van der Waals surface area contributed by atoms with Gasteiger partial charge in [-0.05, 0) is 30.9 Å². The highest BCUT2D eigenvalue weighted by Crippen LogP contribution is 2.17. The molecule has 3 heteroatoms. The average molecular weight is 282 g/mol. The van der Waals surface area contributed by atoms with Crippen molar-refractivity contribution in [2.45, 2.75) is 46.1 Å². The maximum absolute atomic E-state index is 12.7. The molecule has 0 aliphatic rings. The van der Waals surface area contributed by atoms with Crippen LogP contribution in [0, 0.1) is 0 Å². The highest BCUT2D eigenvalue weighted by molar-refractivity contribution is 6.18. The van der Waals surface area contributed by atoms with Crippen LogP contribution in [0.2, 0.25) is 0 Å². The van der Waals surface area contributed by atoms with Crippen molar-refractivity contribution in [3.05, 3.63) is 35.4 Å². The summed E-state index contributed by atoms with van der Waals surface area (Å²) in [7, 11) is 0. The lowest BCUT2D eigenvalue weighted by molar-refractivity contribution is 0.0680. The third-order valence-corrected chi connectivity index (χ3v) is 3.77. The van der Waals surface area contributed by atoms with Crippen LogP contribution < -0.4 is 0 Å². The summed E-state index contributed by atoms with van der Waals surface area (Å²) >= 11 is 5.87. The normalized spacial score (nSPS) is 10.8. The Morgan fingerprint density at radius 3 is 2.37 bits per heavy atom. The maximum atomic E-state index is 12.7. The predicted molar refractivity (Wildman–Crippen MR) is 81.9 cm³/mol. The van der Waals surface area contributed by atoms with E-state index >= 15 is 0 Å². The molecular weight excluding hydrogens is 258 g/mol. The number of rotatable bonds is 7. The van der Waals surface area contributed by atoms with Gasteiger partial charge in [0.2, 0.25) is 0 Å². The van der Waals surface area contributed by atoms with Gasteiger partial charge in [0.05, 0.1) is 0 Å². The number of hydrogen-bond acceptors (Lipinski definition) is 1. The zero-order chi connectivity index (χ0) is 14.3. The molecule has 1 amide bonds. The molecular formula is C16H24ClNO. The Bertz CT molecular complexity index is 401. The van der Waals surface area contributed by atoms with Crippen molar-refractivity contribution in [2.75, 3.05) is 12.4 Å². The second kappa shape index (κ2) is 8.21. The smallest absolute Gasteiger partial charge is 0.254 e. The first-order chi connectivity index (χ1) is 9.19. The molecule has 2 nitrogen and oxygen atoms in total. The number of alkyl halides is 1. The lowest BCUT2D eigenvalue weighted by atomic mass is 10.0. The van der Waals surface area contributed by atoms with Crippen molar-refractivity contribution in [1.82, 2.24) is 4.90 Å². The SMILES string of the molecule is CCc1ccccc1C(=O)N(CCCl)C(CC)CC. The highest BCUT2D eigenvalue weighted by Gasteiger charge is 2.23. The first-order valence-electron chi connectivity index (χ1n) is 7.14. The lowest BCUT2D eigenvalue weighted by Crippen LogP contribution is -2.41. The minimum atomic E-state index is 0.117. The zero-order valence-electron chi connectivity index (χ0n) is 12.2. The molecule has 0 aromatic heterocycles. The van der Waals surface area contributed by atoms with Crippen molar-refractivity contribution in [3.8, 4) is 0 Å². The van der Waals surface area contributed by atoms with Crippen molar-refractivity contribution in [2.24, 2.45) is 0 Å². The molecule has 0 spiro atoms. The largest absolute Gasteiger partial charge is 0.334 e. The van der Waals surface area contributed by atoms with E-state index in [9.17, 15) is 4.79 Å². The molecule has 0 N–H and O–H groups in total. The maximum Gasteiger partial charge on any atom is 0.254 e. The van der Waals surface area contributed by atoms with Crippen molar-refractivity contribution in [3.63, 3.8) is 0 Å². The average Bonchev–Trinajstić information content (AvgIpc) is 2.46. The Kier molecular flexibility index (Phi) is 6.93. The van der Waals surface area contributed by atoms with E-state index in [2.05, 4.69) is 20.8 Å². The minimum absolute atomic E-state index is 0.117. The highest BCUT2D eigenvalue weighted by atomic mass is 35.5. The van der Waals surface area contributed by atoms with Crippen molar-refractivity contribution in [1.29, 1.82) is 0 Å². The molecule has 0 heterocycles. The van der Waals surface area contributed by atoms with E-state index in [4.69, 9.17) is 11.6 Å². The summed E-state index contributed by atoms with van der Waals surface area (Å²) in [6.45, 7) is 6.93. The molecule has 106 valence electrons. The van der Waals surface area contributed by atoms with E-state index in [1.165, 1.54) is 0 Å². The number of benzene rings is 1. The molecule has 0 aliphatic carbocycles. The van der Waals surface area contributed by atoms with Gasteiger partial charge >= 0.3 is 0 Å². The fraction of sp³-hybridized carbons (Fsp3) is 0.562. The Hall–Kier alpha value is -1.02. The number of aryl methyl sites for hydroxylation is 1. The van der Waals surface area contributed by atoms with Crippen LogP contribution in [0.3, 0.4) is 0 Å². The summed E-state index contributed by atoms with van der Waals surface area (Å²) < 4.78 is 0. The summed E-state index contributed by atoms with van der Waals surface area (Å²) in [5.74, 6) is 0.600. The van der Waals surface area contributed by atoms with Gasteiger partial charge in [-0.1, -0.05) is 39.0 Å². The van der Waals surface area contributed by atoms with Gasteiger partial charge in [-0.25, -0.2) is 0 Å². The number of amides is 1. The molecule has 0 unspecified atom stereocenters. The molecule has 0 aliphatic heterocycles. The van der Waals surface area contributed by atoms with Gasteiger partial charge in [-0.2, -0.15) is 0 Å². The minimum Gasteiger partial charge on any atom is -0.334 e. The Morgan fingerprint density at radius 2 is 1.84 bits per heavy atom. The van der Waals surface area contributed by atoms with E-state index < -0.39 is 0 Å². The number of carbonyl (C=O) groups excluding carboxylic acids is 1. The van der Waals surface area contributed by atoms with Gasteiger partial charge in [0.1, 0.15) is 0 Å². The molecule has 0 atom stereocenters. The van der Waals surface area contributed by atoms with Gasteiger partial charge in [0.15, 0.2) is 0 Å². The third-order valence-electron chi connectivity index (χ3n) is 3.60. The van der Waals surface area contributed by atoms with Crippen LogP contribution in [0.5, 0.6) is 0 Å². The van der Waals surface area contributed by atoms with E-state index in [0.717, 1.165) is 30.4 Å². The molecule has 0 fully saturated rings. The van der Waals surface area contributed by atoms with Crippen molar-refractivity contribution >= 4 is 17.5 Å². The third kappa shape index (κ3) is 3.97. The Labute approximate surface area is 121 Å². The monoisotopic (exact) mass is 281 g/mol. The topological polar surface area (TPSA) is 20.3 Å². The number of carbonyl (C=O) groups is 1. The van der Waals surface area contributed by atoms with Crippen LogP contribution in [0.15, 0.2) is 24.3 Å². The van der Waals surface area contributed by atoms with Gasteiger partial charge in [-0.3, -0.25) is 4.79 Å². The molecule has 0 saturated heterocycles. The molecule has 1 rings (SSSR count). The molecule has 1 aromatic carbocycles. The molecule has 1 aromatic rings. The second-order valence-corrected chi connectivity index (χ2v) is 5.05. The number of halogens is 1. The summed E-state index contributed by atoms with van der Waals surface area (Å²) in [5, 5.41) is 0. The second-order valence-electron chi connectivity index (χ2n) is 4.67. The molecule has 0 bridgehead atoms. The zero-order valence-corrected chi connectivity index (χ0v) is 12.9. The van der Waals surface area contributed by atoms with Gasteiger partial charge in [0, 0.05) is 24.0 Å². The fourth-order valence-corrected chi connectivity index (χ4v) is 2.64. The molecule has 0 radical (unpaired) electrons. The van der Waals surface area contributed by atoms with Gasteiger partial charge in [-0.15, -0.1) is 11.6 Å². The van der Waals surface area contributed by atoms with E-state index in [-0.39, 0.29) is 11.9 Å². The van der Waals surface area contributed by atoms with Crippen LogP contribution in [-0.4, -0.2) is 29.3 Å². The van der Waals surface area contributed by atoms with Gasteiger partial charge < -0.3 is 4.90 Å². The van der Waals surface area contributed by atoms with E-state index in [0.29, 0.717) is 12.4 Å². The van der Waals surface area contributed by atoms with Crippen LogP contribution in [0.1, 0.15) is 49.5 Å². The standard InChI is InChI=1S/C16H24ClNO/c1-4-13-9-7-8-10-15(13)16(19)18(12-11-17)14(5-2)6-3/h7-10,14H,4-6,11-12H2,1-3H3. The first kappa shape index (κ1) is 16.0. The first-order valence-corrected chi connectivity index (χ1v) is 7.67. The fourth-order valence-electron chi connectivity index (χ4n) is 2.46. The van der Waals surface area contributed by atoms with Crippen molar-refractivity contribution < 1.29 is 4.79 Å². The van der Waals surface area contributed by atoms with Crippen LogP contribution in [-0.2, 0) is 6.42 Å². The van der Waals surface area contributed by atoms with Crippen LogP contribution in [0.4, 0.5) is 0 Å². The van der Waals surface area contributed by atoms with Crippen LogP contribution in [0.25, 0.3) is 0 Å². The summed E-state index contributed by atoms with van der Waals surface area (Å²) in [4.78, 5) is 14.7. The number of nitrogens with zero attached hydrogens (tertiary/aromatic N) is 1. The Balaban J connectivity index is 3.04. The Morgan fingerprint density at radius 1 is 1.21 bits per heavy atom. The summed E-state index contributed by atoms with van der Waals surface area (Å²) in [5.41, 5.74) is 1.93. The van der Waals surface area contributed by atoms with Crippen LogP contribution >= 0.6 is 11.6 Å². The quantitative estimate of drug-likeness (QED) is 0.689.